The van der Waals surface area contributed by atoms with Gasteiger partial charge >= 0.3 is 0 Å². The predicted molar refractivity (Wildman–Crippen MR) is 107 cm³/mol. The Hall–Kier alpha value is -2.82. The molecule has 0 unspecified atom stereocenters. The molecule has 2 amide bonds. The Morgan fingerprint density at radius 2 is 1.85 bits per heavy atom. The van der Waals surface area contributed by atoms with Crippen LogP contribution in [0.1, 0.15) is 42.3 Å². The van der Waals surface area contributed by atoms with E-state index >= 15 is 0 Å². The molecule has 144 valence electrons. The highest BCUT2D eigenvalue weighted by atomic mass is 16.5. The summed E-state index contributed by atoms with van der Waals surface area (Å²) in [7, 11) is 0. The SMILES string of the molecule is CCN(CC(=O)NC(C)C)C(=O)c1cccc(OCc2cccc(C)c2)c1. The van der Waals surface area contributed by atoms with E-state index < -0.39 is 0 Å². The minimum Gasteiger partial charge on any atom is -0.489 e. The smallest absolute Gasteiger partial charge is 0.254 e. The topological polar surface area (TPSA) is 58.6 Å². The lowest BCUT2D eigenvalue weighted by molar-refractivity contribution is -0.122. The molecule has 0 heterocycles. The summed E-state index contributed by atoms with van der Waals surface area (Å²) in [6.07, 6.45) is 0. The van der Waals surface area contributed by atoms with Gasteiger partial charge in [-0.3, -0.25) is 9.59 Å². The molecule has 0 aliphatic rings. The molecule has 2 aromatic carbocycles. The number of rotatable bonds is 8. The second kappa shape index (κ2) is 9.76. The van der Waals surface area contributed by atoms with Crippen molar-refractivity contribution in [2.45, 2.75) is 40.3 Å². The predicted octanol–water partition coefficient (Wildman–Crippen LogP) is 3.56. The molecule has 0 aliphatic carbocycles. The van der Waals surface area contributed by atoms with E-state index in [1.165, 1.54) is 10.5 Å². The lowest BCUT2D eigenvalue weighted by atomic mass is 10.1. The summed E-state index contributed by atoms with van der Waals surface area (Å²) >= 11 is 0. The first-order valence-corrected chi connectivity index (χ1v) is 9.26. The molecule has 0 spiro atoms. The molecular weight excluding hydrogens is 340 g/mol. The normalized spacial score (nSPS) is 10.6. The van der Waals surface area contributed by atoms with Crippen LogP contribution < -0.4 is 10.1 Å². The van der Waals surface area contributed by atoms with Crippen LogP contribution in [0.5, 0.6) is 5.75 Å². The Morgan fingerprint density at radius 3 is 2.52 bits per heavy atom. The van der Waals surface area contributed by atoms with Crippen LogP contribution in [0.2, 0.25) is 0 Å². The fraction of sp³-hybridized carbons (Fsp3) is 0.364. The van der Waals surface area contributed by atoms with Crippen molar-refractivity contribution in [1.82, 2.24) is 10.2 Å². The van der Waals surface area contributed by atoms with Crippen molar-refractivity contribution in [3.63, 3.8) is 0 Å². The van der Waals surface area contributed by atoms with E-state index in [1.807, 2.05) is 52.0 Å². The number of amides is 2. The Labute approximate surface area is 161 Å². The van der Waals surface area contributed by atoms with E-state index in [4.69, 9.17) is 4.74 Å². The van der Waals surface area contributed by atoms with Gasteiger partial charge in [-0.25, -0.2) is 0 Å². The van der Waals surface area contributed by atoms with Crippen LogP contribution in [-0.4, -0.2) is 35.8 Å². The molecule has 1 N–H and O–H groups in total. The summed E-state index contributed by atoms with van der Waals surface area (Å²) in [5.41, 5.74) is 2.77. The number of aryl methyl sites for hydroxylation is 1. The maximum absolute atomic E-state index is 12.8. The molecule has 0 atom stereocenters. The number of nitrogens with zero attached hydrogens (tertiary/aromatic N) is 1. The maximum Gasteiger partial charge on any atom is 0.254 e. The molecule has 2 aromatic rings. The van der Waals surface area contributed by atoms with E-state index in [0.29, 0.717) is 24.5 Å². The standard InChI is InChI=1S/C22H28N2O3/c1-5-24(14-21(25)23-16(2)3)22(26)19-10-7-11-20(13-19)27-15-18-9-6-8-17(4)12-18/h6-13,16H,5,14-15H2,1-4H3,(H,23,25). The molecule has 0 aliphatic heterocycles. The van der Waals surface area contributed by atoms with Gasteiger partial charge in [0.15, 0.2) is 0 Å². The summed E-state index contributed by atoms with van der Waals surface area (Å²) in [5, 5.41) is 2.81. The summed E-state index contributed by atoms with van der Waals surface area (Å²) in [5.74, 6) is 0.287. The van der Waals surface area contributed by atoms with Crippen LogP contribution in [0.4, 0.5) is 0 Å². The Bertz CT molecular complexity index is 787. The number of ether oxygens (including phenoxy) is 1. The number of carbonyl (C=O) groups is 2. The molecule has 27 heavy (non-hydrogen) atoms. The highest BCUT2D eigenvalue weighted by Gasteiger charge is 2.18. The zero-order valence-electron chi connectivity index (χ0n) is 16.5. The first-order chi connectivity index (χ1) is 12.9. The van der Waals surface area contributed by atoms with Gasteiger partial charge in [0.2, 0.25) is 5.91 Å². The molecule has 5 nitrogen and oxygen atoms in total. The van der Waals surface area contributed by atoms with E-state index in [9.17, 15) is 9.59 Å². The van der Waals surface area contributed by atoms with Gasteiger partial charge in [-0.2, -0.15) is 0 Å². The number of benzene rings is 2. The first-order valence-electron chi connectivity index (χ1n) is 9.26. The Morgan fingerprint density at radius 1 is 1.11 bits per heavy atom. The average Bonchev–Trinajstić information content (AvgIpc) is 2.63. The zero-order chi connectivity index (χ0) is 19.8. The fourth-order valence-electron chi connectivity index (χ4n) is 2.74. The number of hydrogen-bond acceptors (Lipinski definition) is 3. The van der Waals surface area contributed by atoms with E-state index in [0.717, 1.165) is 5.56 Å². The van der Waals surface area contributed by atoms with Gasteiger partial charge in [0.1, 0.15) is 12.4 Å². The monoisotopic (exact) mass is 368 g/mol. The minimum atomic E-state index is -0.183. The number of carbonyl (C=O) groups excluding carboxylic acids is 2. The van der Waals surface area contributed by atoms with Crippen molar-refractivity contribution in [3.05, 3.63) is 65.2 Å². The molecule has 0 aromatic heterocycles. The van der Waals surface area contributed by atoms with Gasteiger partial charge in [0.05, 0.1) is 6.54 Å². The van der Waals surface area contributed by atoms with Gasteiger partial charge < -0.3 is 15.0 Å². The van der Waals surface area contributed by atoms with Crippen LogP contribution in [0.25, 0.3) is 0 Å². The molecule has 2 rings (SSSR count). The summed E-state index contributed by atoms with van der Waals surface area (Å²) in [6.45, 7) is 8.63. The molecule has 0 bridgehead atoms. The van der Waals surface area contributed by atoms with E-state index in [1.54, 1.807) is 18.2 Å². The average molecular weight is 368 g/mol. The van der Waals surface area contributed by atoms with Gasteiger partial charge in [-0.05, 0) is 51.5 Å². The second-order valence-electron chi connectivity index (χ2n) is 6.85. The van der Waals surface area contributed by atoms with Gasteiger partial charge in [0.25, 0.3) is 5.91 Å². The van der Waals surface area contributed by atoms with Gasteiger partial charge in [-0.1, -0.05) is 35.9 Å². The van der Waals surface area contributed by atoms with Crippen LogP contribution >= 0.6 is 0 Å². The summed E-state index contributed by atoms with van der Waals surface area (Å²) in [6, 6.07) is 15.2. The fourth-order valence-corrected chi connectivity index (χ4v) is 2.74. The van der Waals surface area contributed by atoms with Crippen LogP contribution in [0, 0.1) is 6.92 Å². The zero-order valence-corrected chi connectivity index (χ0v) is 16.5. The third-order valence-electron chi connectivity index (χ3n) is 4.02. The highest BCUT2D eigenvalue weighted by Crippen LogP contribution is 2.17. The molecule has 5 heteroatoms. The third kappa shape index (κ3) is 6.44. The van der Waals surface area contributed by atoms with Crippen molar-refractivity contribution in [1.29, 1.82) is 0 Å². The largest absolute Gasteiger partial charge is 0.489 e. The Balaban J connectivity index is 2.03. The maximum atomic E-state index is 12.8. The third-order valence-corrected chi connectivity index (χ3v) is 4.02. The lowest BCUT2D eigenvalue weighted by Crippen LogP contribution is -2.42. The van der Waals surface area contributed by atoms with Crippen molar-refractivity contribution < 1.29 is 14.3 Å². The van der Waals surface area contributed by atoms with E-state index in [-0.39, 0.29) is 24.4 Å². The Kier molecular flexibility index (Phi) is 7.41. The first kappa shape index (κ1) is 20.5. The second-order valence-corrected chi connectivity index (χ2v) is 6.85. The van der Waals surface area contributed by atoms with Gasteiger partial charge in [0, 0.05) is 18.2 Å². The number of likely N-dealkylation sites (N-methyl/N-ethyl adjacent to an activating group) is 1. The van der Waals surface area contributed by atoms with Gasteiger partial charge in [-0.15, -0.1) is 0 Å². The number of hydrogen-bond donors (Lipinski definition) is 1. The number of nitrogens with one attached hydrogen (secondary N) is 1. The van der Waals surface area contributed by atoms with Crippen LogP contribution in [0.15, 0.2) is 48.5 Å². The van der Waals surface area contributed by atoms with Crippen molar-refractivity contribution >= 4 is 11.8 Å². The van der Waals surface area contributed by atoms with Crippen molar-refractivity contribution in [2.75, 3.05) is 13.1 Å². The molecular formula is C22H28N2O3. The van der Waals surface area contributed by atoms with Crippen molar-refractivity contribution in [3.8, 4) is 5.75 Å². The quantitative estimate of drug-likeness (QED) is 0.775. The highest BCUT2D eigenvalue weighted by molar-refractivity contribution is 5.96. The van der Waals surface area contributed by atoms with Crippen LogP contribution in [-0.2, 0) is 11.4 Å². The molecule has 0 saturated heterocycles. The van der Waals surface area contributed by atoms with Crippen molar-refractivity contribution in [2.24, 2.45) is 0 Å². The minimum absolute atomic E-state index is 0.0435. The van der Waals surface area contributed by atoms with E-state index in [2.05, 4.69) is 11.4 Å². The summed E-state index contributed by atoms with van der Waals surface area (Å²) < 4.78 is 5.83. The molecule has 0 saturated carbocycles. The van der Waals surface area contributed by atoms with Crippen LogP contribution in [0.3, 0.4) is 0 Å². The molecule has 0 fully saturated rings. The summed E-state index contributed by atoms with van der Waals surface area (Å²) in [4.78, 5) is 26.3. The lowest BCUT2D eigenvalue weighted by Gasteiger charge is -2.21. The molecule has 0 radical (unpaired) electrons.